The Hall–Kier alpha value is -2.94. The van der Waals surface area contributed by atoms with E-state index in [0.29, 0.717) is 22.4 Å². The van der Waals surface area contributed by atoms with Gasteiger partial charge in [0.2, 0.25) is 0 Å². The van der Waals surface area contributed by atoms with Gasteiger partial charge in [-0.25, -0.2) is 4.68 Å². The number of rotatable bonds is 8. The number of carbonyl (C=O) groups is 1. The van der Waals surface area contributed by atoms with Gasteiger partial charge in [0, 0.05) is 23.9 Å². The molecular formula is C27H27N3O3S2. The number of hydrogen-bond acceptors (Lipinski definition) is 6. The van der Waals surface area contributed by atoms with E-state index in [2.05, 4.69) is 6.92 Å². The summed E-state index contributed by atoms with van der Waals surface area (Å²) in [4.78, 5) is 15.5. The van der Waals surface area contributed by atoms with Crippen molar-refractivity contribution in [1.82, 2.24) is 14.7 Å². The summed E-state index contributed by atoms with van der Waals surface area (Å²) >= 11 is 6.88. The molecule has 1 aromatic heterocycles. The van der Waals surface area contributed by atoms with Crippen molar-refractivity contribution in [1.29, 1.82) is 0 Å². The molecule has 0 spiro atoms. The number of aromatic nitrogens is 2. The second-order valence-corrected chi connectivity index (χ2v) is 10.2. The fourth-order valence-electron chi connectivity index (χ4n) is 4.17. The zero-order chi connectivity index (χ0) is 24.2. The summed E-state index contributed by atoms with van der Waals surface area (Å²) in [6, 6.07) is 17.9. The van der Waals surface area contributed by atoms with Crippen molar-refractivity contribution in [2.75, 3.05) is 19.8 Å². The fourth-order valence-corrected chi connectivity index (χ4v) is 5.44. The minimum atomic E-state index is -0.0751. The molecule has 180 valence electrons. The van der Waals surface area contributed by atoms with Crippen LogP contribution < -0.4 is 4.74 Å². The second-order valence-electron chi connectivity index (χ2n) is 8.52. The Kier molecular flexibility index (Phi) is 7.32. The molecule has 0 unspecified atom stereocenters. The van der Waals surface area contributed by atoms with Gasteiger partial charge in [-0.3, -0.25) is 9.69 Å². The number of carbonyl (C=O) groups excluding carboxylic acids is 1. The number of hydrogen-bond donors (Lipinski definition) is 0. The third-order valence-electron chi connectivity index (χ3n) is 5.91. The summed E-state index contributed by atoms with van der Waals surface area (Å²) in [5, 5.41) is 4.89. The summed E-state index contributed by atoms with van der Waals surface area (Å²) in [6.45, 7) is 3.99. The first-order chi connectivity index (χ1) is 17.1. The molecule has 3 heterocycles. The van der Waals surface area contributed by atoms with E-state index in [-0.39, 0.29) is 12.0 Å². The quantitative estimate of drug-likeness (QED) is 0.289. The van der Waals surface area contributed by atoms with Crippen LogP contribution in [0.2, 0.25) is 0 Å². The average molecular weight is 506 g/mol. The molecule has 8 heteroatoms. The molecule has 1 amide bonds. The van der Waals surface area contributed by atoms with Gasteiger partial charge in [-0.05, 0) is 49.6 Å². The Morgan fingerprint density at radius 1 is 1.23 bits per heavy atom. The van der Waals surface area contributed by atoms with Gasteiger partial charge in [-0.15, -0.1) is 0 Å². The topological polar surface area (TPSA) is 56.6 Å². The zero-order valence-electron chi connectivity index (χ0n) is 19.6. The van der Waals surface area contributed by atoms with Crippen LogP contribution in [0.25, 0.3) is 23.0 Å². The van der Waals surface area contributed by atoms with Crippen LogP contribution >= 0.6 is 24.0 Å². The molecule has 2 aliphatic rings. The monoisotopic (exact) mass is 505 g/mol. The lowest BCUT2D eigenvalue weighted by Crippen LogP contribution is -2.35. The zero-order valence-corrected chi connectivity index (χ0v) is 21.2. The molecular weight excluding hydrogens is 478 g/mol. The van der Waals surface area contributed by atoms with Crippen LogP contribution in [0.5, 0.6) is 5.75 Å². The van der Waals surface area contributed by atoms with E-state index in [9.17, 15) is 4.79 Å². The first kappa shape index (κ1) is 23.8. The first-order valence-corrected chi connectivity index (χ1v) is 13.1. The highest BCUT2D eigenvalue weighted by Crippen LogP contribution is 2.36. The Morgan fingerprint density at radius 3 is 2.86 bits per heavy atom. The summed E-state index contributed by atoms with van der Waals surface area (Å²) < 4.78 is 14.0. The van der Waals surface area contributed by atoms with Gasteiger partial charge < -0.3 is 9.47 Å². The lowest BCUT2D eigenvalue weighted by Gasteiger charge is -2.18. The van der Waals surface area contributed by atoms with Gasteiger partial charge in [-0.1, -0.05) is 61.2 Å². The van der Waals surface area contributed by atoms with Crippen molar-refractivity contribution in [2.24, 2.45) is 0 Å². The lowest BCUT2D eigenvalue weighted by atomic mass is 10.1. The molecule has 5 rings (SSSR count). The molecule has 0 saturated carbocycles. The molecule has 35 heavy (non-hydrogen) atoms. The van der Waals surface area contributed by atoms with Crippen LogP contribution in [-0.2, 0) is 9.53 Å². The van der Waals surface area contributed by atoms with E-state index in [0.717, 1.165) is 54.1 Å². The normalized spacial score (nSPS) is 19.2. The van der Waals surface area contributed by atoms with Gasteiger partial charge in [0.15, 0.2) is 0 Å². The Bertz CT molecular complexity index is 1250. The van der Waals surface area contributed by atoms with Gasteiger partial charge in [0.05, 0.1) is 29.8 Å². The third-order valence-corrected chi connectivity index (χ3v) is 7.29. The molecule has 2 saturated heterocycles. The van der Waals surface area contributed by atoms with Crippen molar-refractivity contribution < 1.29 is 14.3 Å². The minimum Gasteiger partial charge on any atom is -0.494 e. The van der Waals surface area contributed by atoms with E-state index >= 15 is 0 Å². The van der Waals surface area contributed by atoms with E-state index < -0.39 is 0 Å². The van der Waals surface area contributed by atoms with Crippen LogP contribution in [0.3, 0.4) is 0 Å². The standard InChI is InChI=1S/C27H27N3O3S2/c1-2-13-32-22-11-6-8-19(15-22)25-20(17-30(28-25)21-9-4-3-5-10-21)16-24-26(31)29(27(34)35-24)18-23-12-7-14-33-23/h3-6,8-11,15-17,23H,2,7,12-14,18H2,1H3/b24-16-/t23-/m0/s1. The predicted octanol–water partition coefficient (Wildman–Crippen LogP) is 5.71. The maximum atomic E-state index is 13.3. The van der Waals surface area contributed by atoms with E-state index in [1.54, 1.807) is 4.90 Å². The number of thiocarbonyl (C=S) groups is 1. The summed E-state index contributed by atoms with van der Waals surface area (Å²) in [5.74, 6) is 0.724. The molecule has 0 N–H and O–H groups in total. The number of amides is 1. The molecule has 1 atom stereocenters. The summed E-state index contributed by atoms with van der Waals surface area (Å²) in [6.07, 6.45) is 6.83. The highest BCUT2D eigenvalue weighted by Gasteiger charge is 2.35. The Morgan fingerprint density at radius 2 is 2.09 bits per heavy atom. The van der Waals surface area contributed by atoms with Crippen LogP contribution in [0, 0.1) is 0 Å². The fraction of sp³-hybridized carbons (Fsp3) is 0.296. The van der Waals surface area contributed by atoms with Crippen molar-refractivity contribution in [3.8, 4) is 22.7 Å². The number of nitrogens with zero attached hydrogens (tertiary/aromatic N) is 3. The van der Waals surface area contributed by atoms with Crippen molar-refractivity contribution in [2.45, 2.75) is 32.3 Å². The molecule has 3 aromatic rings. The number of para-hydroxylation sites is 1. The van der Waals surface area contributed by atoms with Gasteiger partial charge >= 0.3 is 0 Å². The predicted molar refractivity (Wildman–Crippen MR) is 144 cm³/mol. The van der Waals surface area contributed by atoms with E-state index in [4.69, 9.17) is 26.8 Å². The molecule has 2 aliphatic heterocycles. The molecule has 2 fully saturated rings. The highest BCUT2D eigenvalue weighted by molar-refractivity contribution is 8.26. The largest absolute Gasteiger partial charge is 0.494 e. The number of thioether (sulfide) groups is 1. The van der Waals surface area contributed by atoms with E-state index in [1.807, 2.05) is 71.6 Å². The van der Waals surface area contributed by atoms with Crippen molar-refractivity contribution in [3.05, 3.63) is 71.3 Å². The maximum Gasteiger partial charge on any atom is 0.266 e. The molecule has 0 bridgehead atoms. The first-order valence-electron chi connectivity index (χ1n) is 11.9. The van der Waals surface area contributed by atoms with Gasteiger partial charge in [0.25, 0.3) is 5.91 Å². The molecule has 0 aliphatic carbocycles. The van der Waals surface area contributed by atoms with Crippen molar-refractivity contribution in [3.63, 3.8) is 0 Å². The highest BCUT2D eigenvalue weighted by atomic mass is 32.2. The van der Waals surface area contributed by atoms with Crippen LogP contribution in [0.15, 0.2) is 65.7 Å². The average Bonchev–Trinajstić information content (AvgIpc) is 3.61. The van der Waals surface area contributed by atoms with Crippen molar-refractivity contribution >= 4 is 40.3 Å². The third kappa shape index (κ3) is 5.34. The number of ether oxygens (including phenoxy) is 2. The van der Waals surface area contributed by atoms with Crippen LogP contribution in [0.4, 0.5) is 0 Å². The maximum absolute atomic E-state index is 13.3. The van der Waals surface area contributed by atoms with Crippen LogP contribution in [-0.4, -0.2) is 50.8 Å². The SMILES string of the molecule is CCCOc1cccc(-c2nn(-c3ccccc3)cc2/C=C2\SC(=S)N(C[C@@H]3CCCO3)C2=O)c1. The Balaban J connectivity index is 1.50. The minimum absolute atomic E-state index is 0.0547. The second kappa shape index (κ2) is 10.8. The molecule has 0 radical (unpaired) electrons. The molecule has 6 nitrogen and oxygen atoms in total. The molecule has 2 aromatic carbocycles. The smallest absolute Gasteiger partial charge is 0.266 e. The van der Waals surface area contributed by atoms with Gasteiger partial charge in [0.1, 0.15) is 15.8 Å². The van der Waals surface area contributed by atoms with E-state index in [1.165, 1.54) is 11.8 Å². The summed E-state index contributed by atoms with van der Waals surface area (Å²) in [7, 11) is 0. The van der Waals surface area contributed by atoms with Crippen LogP contribution in [0.1, 0.15) is 31.7 Å². The van der Waals surface area contributed by atoms with Gasteiger partial charge in [-0.2, -0.15) is 5.10 Å². The summed E-state index contributed by atoms with van der Waals surface area (Å²) in [5.41, 5.74) is 3.49. The lowest BCUT2D eigenvalue weighted by molar-refractivity contribution is -0.123. The number of benzene rings is 2. The Labute approximate surface area is 214 Å².